The van der Waals surface area contributed by atoms with Gasteiger partial charge in [0, 0.05) is 37.8 Å². The second kappa shape index (κ2) is 10.6. The van der Waals surface area contributed by atoms with E-state index in [1.165, 1.54) is 6.08 Å². The van der Waals surface area contributed by atoms with E-state index in [1.807, 2.05) is 31.2 Å². The number of para-hydroxylation sites is 1. The maximum atomic E-state index is 12.7. The summed E-state index contributed by atoms with van der Waals surface area (Å²) < 4.78 is 11.3. The molecule has 0 unspecified atom stereocenters. The molecule has 0 spiro atoms. The number of likely N-dealkylation sites (N-methyl/N-ethyl adjacent to an activating group) is 1. The van der Waals surface area contributed by atoms with Crippen LogP contribution in [0, 0.1) is 0 Å². The Hall–Kier alpha value is -3.35. The third-order valence-electron chi connectivity index (χ3n) is 5.03. The molecule has 0 saturated heterocycles. The normalized spacial score (nSPS) is 13.3. The van der Waals surface area contributed by atoms with Crippen LogP contribution in [-0.2, 0) is 22.6 Å². The first-order valence-electron chi connectivity index (χ1n) is 10.5. The molecule has 7 nitrogen and oxygen atoms in total. The fourth-order valence-corrected chi connectivity index (χ4v) is 3.40. The Labute approximate surface area is 183 Å². The molecule has 1 aliphatic rings. The first kappa shape index (κ1) is 22.3. The van der Waals surface area contributed by atoms with E-state index in [4.69, 9.17) is 9.47 Å². The number of methoxy groups -OCH3 is 1. The van der Waals surface area contributed by atoms with Crippen molar-refractivity contribution < 1.29 is 19.1 Å². The lowest BCUT2D eigenvalue weighted by atomic mass is 10.1. The second-order valence-electron chi connectivity index (χ2n) is 7.50. The van der Waals surface area contributed by atoms with Gasteiger partial charge in [0.25, 0.3) is 0 Å². The van der Waals surface area contributed by atoms with Crippen LogP contribution in [0.25, 0.3) is 6.08 Å². The Morgan fingerprint density at radius 3 is 2.94 bits per heavy atom. The molecular weight excluding hydrogens is 394 g/mol. The number of hydrogen-bond acceptors (Lipinski definition) is 5. The molecule has 0 bridgehead atoms. The first-order valence-corrected chi connectivity index (χ1v) is 10.5. The molecule has 164 valence electrons. The number of aromatic nitrogens is 1. The SMILES string of the molecule is CCCOc1c(CN(C)C(=O)/C=C\c2cnc3c(c2)CCCC(=O)N3)cccc1OC. The zero-order chi connectivity index (χ0) is 22.2. The molecule has 2 heterocycles. The third-order valence-corrected chi connectivity index (χ3v) is 5.03. The number of aryl methyl sites for hydroxylation is 1. The summed E-state index contributed by atoms with van der Waals surface area (Å²) in [6, 6.07) is 7.65. The Bertz CT molecular complexity index is 971. The van der Waals surface area contributed by atoms with Gasteiger partial charge in [0.15, 0.2) is 11.5 Å². The summed E-state index contributed by atoms with van der Waals surface area (Å²) in [6.45, 7) is 3.02. The van der Waals surface area contributed by atoms with E-state index in [-0.39, 0.29) is 11.8 Å². The van der Waals surface area contributed by atoms with E-state index in [0.29, 0.717) is 36.9 Å². The summed E-state index contributed by atoms with van der Waals surface area (Å²) in [6.07, 6.45) is 7.90. The zero-order valence-corrected chi connectivity index (χ0v) is 18.3. The summed E-state index contributed by atoms with van der Waals surface area (Å²) in [5, 5.41) is 2.82. The van der Waals surface area contributed by atoms with Crippen molar-refractivity contribution >= 4 is 23.7 Å². The van der Waals surface area contributed by atoms with Gasteiger partial charge in [0.05, 0.1) is 13.7 Å². The minimum absolute atomic E-state index is 0.00817. The maximum Gasteiger partial charge on any atom is 0.246 e. The Morgan fingerprint density at radius 2 is 2.16 bits per heavy atom. The van der Waals surface area contributed by atoms with E-state index in [0.717, 1.165) is 36.0 Å². The number of pyridine rings is 1. The number of carbonyl (C=O) groups excluding carboxylic acids is 2. The van der Waals surface area contributed by atoms with E-state index < -0.39 is 0 Å². The van der Waals surface area contributed by atoms with Gasteiger partial charge in [-0.1, -0.05) is 19.1 Å². The number of ether oxygens (including phenoxy) is 2. The third kappa shape index (κ3) is 5.84. The smallest absolute Gasteiger partial charge is 0.246 e. The van der Waals surface area contributed by atoms with Crippen molar-refractivity contribution in [2.75, 3.05) is 26.1 Å². The molecule has 1 aromatic carbocycles. The molecular formula is C24H29N3O4. The monoisotopic (exact) mass is 423 g/mol. The summed E-state index contributed by atoms with van der Waals surface area (Å²) in [4.78, 5) is 30.3. The van der Waals surface area contributed by atoms with Crippen molar-refractivity contribution in [2.45, 2.75) is 39.2 Å². The lowest BCUT2D eigenvalue weighted by molar-refractivity contribution is -0.125. The standard InChI is InChI=1S/C24H29N3O4/c1-4-13-31-23-19(8-5-9-20(23)30-3)16-27(2)22(29)12-11-17-14-18-7-6-10-21(28)26-24(18)25-15-17/h5,8-9,11-12,14-15H,4,6-7,10,13,16H2,1-3H3,(H,25,26,28)/b12-11-. The number of nitrogens with one attached hydrogen (secondary N) is 1. The summed E-state index contributed by atoms with van der Waals surface area (Å²) >= 11 is 0. The van der Waals surface area contributed by atoms with Crippen LogP contribution < -0.4 is 14.8 Å². The number of nitrogens with zero attached hydrogens (tertiary/aromatic N) is 2. The molecule has 7 heteroatoms. The van der Waals surface area contributed by atoms with Gasteiger partial charge >= 0.3 is 0 Å². The minimum Gasteiger partial charge on any atom is -0.493 e. The molecule has 0 fully saturated rings. The number of anilines is 1. The predicted octanol–water partition coefficient (Wildman–Crippen LogP) is 3.83. The highest BCUT2D eigenvalue weighted by molar-refractivity contribution is 5.92. The molecule has 0 atom stereocenters. The molecule has 2 aromatic rings. The van der Waals surface area contributed by atoms with Gasteiger partial charge in [-0.25, -0.2) is 4.98 Å². The number of amides is 2. The molecule has 1 aliphatic heterocycles. The van der Waals surface area contributed by atoms with Gasteiger partial charge in [0.2, 0.25) is 11.8 Å². The van der Waals surface area contributed by atoms with Crippen LogP contribution in [0.5, 0.6) is 11.5 Å². The number of fused-ring (bicyclic) bond motifs is 1. The highest BCUT2D eigenvalue weighted by atomic mass is 16.5. The Morgan fingerprint density at radius 1 is 1.32 bits per heavy atom. The topological polar surface area (TPSA) is 80.8 Å². The summed E-state index contributed by atoms with van der Waals surface area (Å²) in [5.74, 6) is 1.80. The highest BCUT2D eigenvalue weighted by Crippen LogP contribution is 2.32. The maximum absolute atomic E-state index is 12.7. The van der Waals surface area contributed by atoms with Crippen molar-refractivity contribution in [3.05, 3.63) is 53.2 Å². The van der Waals surface area contributed by atoms with Crippen molar-refractivity contribution in [3.63, 3.8) is 0 Å². The van der Waals surface area contributed by atoms with Gasteiger partial charge in [-0.05, 0) is 48.6 Å². The van der Waals surface area contributed by atoms with Crippen LogP contribution in [0.2, 0.25) is 0 Å². The first-order chi connectivity index (χ1) is 15.0. The van der Waals surface area contributed by atoms with Crippen LogP contribution in [0.4, 0.5) is 5.82 Å². The second-order valence-corrected chi connectivity index (χ2v) is 7.50. The highest BCUT2D eigenvalue weighted by Gasteiger charge is 2.16. The van der Waals surface area contributed by atoms with Crippen molar-refractivity contribution in [1.29, 1.82) is 0 Å². The number of rotatable bonds is 8. The quantitative estimate of drug-likeness (QED) is 0.653. The fourth-order valence-electron chi connectivity index (χ4n) is 3.40. The zero-order valence-electron chi connectivity index (χ0n) is 18.3. The predicted molar refractivity (Wildman–Crippen MR) is 120 cm³/mol. The molecule has 0 radical (unpaired) electrons. The van der Waals surface area contributed by atoms with Gasteiger partial charge in [-0.3, -0.25) is 9.59 Å². The molecule has 0 saturated carbocycles. The Balaban J connectivity index is 1.69. The molecule has 31 heavy (non-hydrogen) atoms. The van der Waals surface area contributed by atoms with Crippen molar-refractivity contribution in [2.24, 2.45) is 0 Å². The number of hydrogen-bond donors (Lipinski definition) is 1. The molecule has 0 aliphatic carbocycles. The molecule has 1 N–H and O–H groups in total. The van der Waals surface area contributed by atoms with Gasteiger partial charge in [0.1, 0.15) is 5.82 Å². The van der Waals surface area contributed by atoms with Crippen LogP contribution >= 0.6 is 0 Å². The van der Waals surface area contributed by atoms with E-state index in [1.54, 1.807) is 31.3 Å². The average Bonchev–Trinajstić information content (AvgIpc) is 2.96. The average molecular weight is 424 g/mol. The van der Waals surface area contributed by atoms with E-state index in [9.17, 15) is 9.59 Å². The molecule has 2 amide bonds. The van der Waals surface area contributed by atoms with Crippen LogP contribution in [0.15, 0.2) is 36.5 Å². The van der Waals surface area contributed by atoms with Crippen molar-refractivity contribution in [1.82, 2.24) is 9.88 Å². The fraction of sp³-hybridized carbons (Fsp3) is 0.375. The molecule has 3 rings (SSSR count). The number of carbonyl (C=O) groups is 2. The summed E-state index contributed by atoms with van der Waals surface area (Å²) in [7, 11) is 3.36. The lowest BCUT2D eigenvalue weighted by Gasteiger charge is -2.19. The van der Waals surface area contributed by atoms with Crippen LogP contribution in [0.3, 0.4) is 0 Å². The van der Waals surface area contributed by atoms with E-state index >= 15 is 0 Å². The van der Waals surface area contributed by atoms with E-state index in [2.05, 4.69) is 10.3 Å². The van der Waals surface area contributed by atoms with Crippen LogP contribution in [0.1, 0.15) is 42.9 Å². The van der Waals surface area contributed by atoms with Crippen LogP contribution in [-0.4, -0.2) is 42.5 Å². The van der Waals surface area contributed by atoms with Gasteiger partial charge < -0.3 is 19.7 Å². The minimum atomic E-state index is -0.132. The van der Waals surface area contributed by atoms with Crippen molar-refractivity contribution in [3.8, 4) is 11.5 Å². The summed E-state index contributed by atoms with van der Waals surface area (Å²) in [5.41, 5.74) is 2.70. The number of benzene rings is 1. The van der Waals surface area contributed by atoms with Gasteiger partial charge in [-0.2, -0.15) is 0 Å². The largest absolute Gasteiger partial charge is 0.493 e. The van der Waals surface area contributed by atoms with Gasteiger partial charge in [-0.15, -0.1) is 0 Å². The Kier molecular flexibility index (Phi) is 7.65. The lowest BCUT2D eigenvalue weighted by Crippen LogP contribution is -2.24. The molecule has 1 aromatic heterocycles.